The van der Waals surface area contributed by atoms with Crippen LogP contribution in [0.15, 0.2) is 35.2 Å². The van der Waals surface area contributed by atoms with Gasteiger partial charge in [0, 0.05) is 29.6 Å². The van der Waals surface area contributed by atoms with Gasteiger partial charge in [0.05, 0.1) is 11.5 Å². The summed E-state index contributed by atoms with van der Waals surface area (Å²) in [5.74, 6) is 0. The second-order valence-corrected chi connectivity index (χ2v) is 7.64. The average Bonchev–Trinajstić information content (AvgIpc) is 2.61. The molecule has 1 radical (unpaired) electrons. The Balaban J connectivity index is 0. The van der Waals surface area contributed by atoms with Gasteiger partial charge >= 0.3 is 9.29 Å². The molecule has 26 heavy (non-hydrogen) atoms. The van der Waals surface area contributed by atoms with Crippen molar-refractivity contribution in [3.8, 4) is 0 Å². The summed E-state index contributed by atoms with van der Waals surface area (Å²) in [7, 11) is -4.99. The standard InChI is InChI=1S/C18H30O3S.Na.O2Si/c1-2-3-4-5-6-7-8-9-10-14-17-21-22(19,20)18-15-12-11-13-16-18;;1-3-2/h11-13,15-16H,2-10,14,17H2,1H3;;. The van der Waals surface area contributed by atoms with Gasteiger partial charge in [-0.05, 0) is 18.6 Å². The summed E-state index contributed by atoms with van der Waals surface area (Å²) in [6.07, 6.45) is 12.3. The van der Waals surface area contributed by atoms with Crippen LogP contribution in [0.5, 0.6) is 0 Å². The van der Waals surface area contributed by atoms with Gasteiger partial charge in [-0.1, -0.05) is 82.9 Å². The molecule has 8 heteroatoms. The first-order valence-corrected chi connectivity index (χ1v) is 11.2. The first kappa shape index (κ1) is 28.2. The monoisotopic (exact) mass is 409 g/mol. The Morgan fingerprint density at radius 2 is 1.23 bits per heavy atom. The van der Waals surface area contributed by atoms with Crippen molar-refractivity contribution in [1.29, 1.82) is 0 Å². The van der Waals surface area contributed by atoms with Crippen LogP contribution in [0.1, 0.15) is 71.1 Å². The van der Waals surface area contributed by atoms with Crippen molar-refractivity contribution < 1.29 is 21.5 Å². The molecule has 0 aliphatic rings. The Labute approximate surface area is 182 Å². The summed E-state index contributed by atoms with van der Waals surface area (Å²) < 4.78 is 45.6. The molecule has 1 aromatic rings. The molecule has 0 aliphatic heterocycles. The van der Waals surface area contributed by atoms with Crippen LogP contribution >= 0.6 is 0 Å². The van der Waals surface area contributed by atoms with Crippen LogP contribution in [0.25, 0.3) is 0 Å². The van der Waals surface area contributed by atoms with Gasteiger partial charge in [0.15, 0.2) is 0 Å². The van der Waals surface area contributed by atoms with Gasteiger partial charge in [0.1, 0.15) is 0 Å². The third kappa shape index (κ3) is 16.1. The molecule has 0 unspecified atom stereocenters. The predicted octanol–water partition coefficient (Wildman–Crippen LogP) is 4.31. The molecule has 0 fully saturated rings. The van der Waals surface area contributed by atoms with E-state index in [0.29, 0.717) is 0 Å². The van der Waals surface area contributed by atoms with Gasteiger partial charge < -0.3 is 0 Å². The van der Waals surface area contributed by atoms with Crippen LogP contribution in [0.3, 0.4) is 0 Å². The topological polar surface area (TPSA) is 77.5 Å². The fourth-order valence-corrected chi connectivity index (χ4v) is 3.38. The Morgan fingerprint density at radius 3 is 1.69 bits per heavy atom. The Morgan fingerprint density at radius 1 is 0.808 bits per heavy atom. The zero-order valence-corrected chi connectivity index (χ0v) is 19.9. The quantitative estimate of drug-likeness (QED) is 0.275. The van der Waals surface area contributed by atoms with Gasteiger partial charge in [-0.15, -0.1) is 0 Å². The normalized spacial score (nSPS) is 10.2. The number of hydrogen-bond acceptors (Lipinski definition) is 5. The van der Waals surface area contributed by atoms with E-state index in [4.69, 9.17) is 13.1 Å². The van der Waals surface area contributed by atoms with Crippen molar-refractivity contribution in [2.75, 3.05) is 6.61 Å². The number of rotatable bonds is 13. The van der Waals surface area contributed by atoms with Crippen LogP contribution in [-0.2, 0) is 23.2 Å². The summed E-state index contributed by atoms with van der Waals surface area (Å²) in [4.78, 5) is 0.238. The van der Waals surface area contributed by atoms with Crippen LogP contribution < -0.4 is 0 Å². The summed E-state index contributed by atoms with van der Waals surface area (Å²) >= 11 is 0. The van der Waals surface area contributed by atoms with E-state index in [-0.39, 0.29) is 41.1 Å². The molecule has 5 nitrogen and oxygen atoms in total. The summed E-state index contributed by atoms with van der Waals surface area (Å²) in [5, 5.41) is 0. The van der Waals surface area contributed by atoms with E-state index < -0.39 is 19.4 Å². The van der Waals surface area contributed by atoms with E-state index in [9.17, 15) is 8.42 Å². The minimum absolute atomic E-state index is 0. The number of benzene rings is 1. The van der Waals surface area contributed by atoms with Crippen LogP contribution in [0.2, 0.25) is 0 Å². The molecular formula is C18H30NaO5SSi. The third-order valence-corrected chi connectivity index (χ3v) is 5.09. The van der Waals surface area contributed by atoms with E-state index in [0.717, 1.165) is 12.8 Å². The predicted molar refractivity (Wildman–Crippen MR) is 104 cm³/mol. The number of unbranched alkanes of at least 4 members (excludes halogenated alkanes) is 9. The van der Waals surface area contributed by atoms with Crippen molar-refractivity contribution in [2.24, 2.45) is 0 Å². The van der Waals surface area contributed by atoms with Crippen molar-refractivity contribution in [2.45, 2.75) is 76.0 Å². The molecule has 0 spiro atoms. The SMILES string of the molecule is CCCCCCCCCCCCOS(=O)(=O)c1ccccc1.O=[Si]=O.[Na]. The van der Waals surface area contributed by atoms with Crippen LogP contribution in [-0.4, -0.2) is 53.9 Å². The van der Waals surface area contributed by atoms with Gasteiger partial charge in [-0.3, -0.25) is 13.1 Å². The minimum Gasteiger partial charge on any atom is -0.274 e. The summed E-state index contributed by atoms with van der Waals surface area (Å²) in [6.45, 7) is 2.52. The maximum Gasteiger partial charge on any atom is 0.549 e. The molecule has 0 saturated carbocycles. The zero-order valence-electron chi connectivity index (χ0n) is 16.1. The maximum atomic E-state index is 11.9. The Bertz CT molecular complexity index is 560. The second kappa shape index (κ2) is 19.7. The molecule has 0 aromatic heterocycles. The van der Waals surface area contributed by atoms with E-state index in [2.05, 4.69) is 6.92 Å². The molecule has 0 saturated heterocycles. The second-order valence-electron chi connectivity index (χ2n) is 5.85. The fraction of sp³-hybridized carbons (Fsp3) is 0.667. The van der Waals surface area contributed by atoms with Crippen molar-refractivity contribution >= 4 is 49.0 Å². The minimum atomic E-state index is -3.57. The van der Waals surface area contributed by atoms with Gasteiger partial charge in [0.25, 0.3) is 10.1 Å². The van der Waals surface area contributed by atoms with E-state index in [1.54, 1.807) is 30.3 Å². The average molecular weight is 410 g/mol. The van der Waals surface area contributed by atoms with E-state index >= 15 is 0 Å². The zero-order chi connectivity index (χ0) is 18.8. The molecule has 0 N–H and O–H groups in total. The van der Waals surface area contributed by atoms with Gasteiger partial charge in [0.2, 0.25) is 0 Å². The molecule has 1 rings (SSSR count). The molecule has 0 atom stereocenters. The van der Waals surface area contributed by atoms with Crippen molar-refractivity contribution in [3.63, 3.8) is 0 Å². The van der Waals surface area contributed by atoms with E-state index in [1.165, 1.54) is 51.4 Å². The van der Waals surface area contributed by atoms with Crippen molar-refractivity contribution in [3.05, 3.63) is 30.3 Å². The first-order valence-electron chi connectivity index (χ1n) is 9.02. The third-order valence-electron chi connectivity index (χ3n) is 3.77. The Hall–Kier alpha value is -0.0531. The van der Waals surface area contributed by atoms with Gasteiger partial charge in [-0.25, -0.2) is 0 Å². The fourth-order valence-electron chi connectivity index (χ4n) is 2.41. The molecule has 1 aromatic carbocycles. The largest absolute Gasteiger partial charge is 0.549 e. The molecule has 0 amide bonds. The first-order chi connectivity index (χ1) is 12.1. The number of hydrogen-bond donors (Lipinski definition) is 0. The summed E-state index contributed by atoms with van der Waals surface area (Å²) in [5.41, 5.74) is 0. The maximum absolute atomic E-state index is 11.9. The van der Waals surface area contributed by atoms with Crippen LogP contribution in [0, 0.1) is 0 Å². The van der Waals surface area contributed by atoms with Crippen LogP contribution in [0.4, 0.5) is 0 Å². The van der Waals surface area contributed by atoms with E-state index in [1.807, 2.05) is 0 Å². The molecular weight excluding hydrogens is 379 g/mol. The Kier molecular flexibility index (Phi) is 21.3. The molecule has 0 aliphatic carbocycles. The molecule has 0 heterocycles. The van der Waals surface area contributed by atoms with Crippen molar-refractivity contribution in [1.82, 2.24) is 0 Å². The molecule has 143 valence electrons. The van der Waals surface area contributed by atoms with Gasteiger partial charge in [-0.2, -0.15) is 8.42 Å². The molecule has 0 bridgehead atoms. The summed E-state index contributed by atoms with van der Waals surface area (Å²) in [6, 6.07) is 8.33. The smallest absolute Gasteiger partial charge is 0.274 e.